The van der Waals surface area contributed by atoms with Gasteiger partial charge in [-0.15, -0.1) is 0 Å². The largest absolute Gasteiger partial charge is 0.394 e. The van der Waals surface area contributed by atoms with Gasteiger partial charge in [0.25, 0.3) is 0 Å². The fourth-order valence-electron chi connectivity index (χ4n) is 3.28. The quantitative estimate of drug-likeness (QED) is 0.701. The summed E-state index contributed by atoms with van der Waals surface area (Å²) >= 11 is 0. The summed E-state index contributed by atoms with van der Waals surface area (Å²) in [4.78, 5) is 0. The first kappa shape index (κ1) is 10.4. The van der Waals surface area contributed by atoms with Crippen LogP contribution >= 0.6 is 0 Å². The van der Waals surface area contributed by atoms with Gasteiger partial charge in [0.1, 0.15) is 0 Å². The third-order valence-electron chi connectivity index (χ3n) is 3.83. The van der Waals surface area contributed by atoms with Crippen LogP contribution in [0.2, 0.25) is 0 Å². The Balaban J connectivity index is 2.03. The van der Waals surface area contributed by atoms with E-state index in [1.807, 2.05) is 0 Å². The van der Waals surface area contributed by atoms with Crippen molar-refractivity contribution in [1.82, 2.24) is 0 Å². The molecule has 1 heterocycles. The van der Waals surface area contributed by atoms with Gasteiger partial charge in [-0.25, -0.2) is 0 Å². The van der Waals surface area contributed by atoms with E-state index in [9.17, 15) is 0 Å². The van der Waals surface area contributed by atoms with Crippen molar-refractivity contribution in [2.45, 2.75) is 64.1 Å². The lowest BCUT2D eigenvalue weighted by Gasteiger charge is -2.42. The van der Waals surface area contributed by atoms with Crippen LogP contribution in [0.3, 0.4) is 0 Å². The Labute approximate surface area is 86.6 Å². The summed E-state index contributed by atoms with van der Waals surface area (Å²) in [6.07, 6.45) is 7.30. The third-order valence-corrected chi connectivity index (χ3v) is 3.83. The predicted molar refractivity (Wildman–Crippen MR) is 56.2 cm³/mol. The maximum atomic E-state index is 9.09. The van der Waals surface area contributed by atoms with E-state index in [4.69, 9.17) is 9.84 Å². The molecule has 2 aliphatic rings. The van der Waals surface area contributed by atoms with E-state index in [-0.39, 0.29) is 18.3 Å². The number of rotatable bonds is 1. The fraction of sp³-hybridized carbons (Fsp3) is 1.00. The zero-order valence-electron chi connectivity index (χ0n) is 9.38. The molecule has 2 nitrogen and oxygen atoms in total. The van der Waals surface area contributed by atoms with Crippen LogP contribution in [-0.4, -0.2) is 23.4 Å². The number of aliphatic hydroxyl groups excluding tert-OH is 1. The van der Waals surface area contributed by atoms with E-state index in [0.717, 1.165) is 12.8 Å². The summed E-state index contributed by atoms with van der Waals surface area (Å²) in [5, 5.41) is 9.09. The van der Waals surface area contributed by atoms with Crippen LogP contribution in [0.5, 0.6) is 0 Å². The first-order valence-electron chi connectivity index (χ1n) is 5.84. The summed E-state index contributed by atoms with van der Waals surface area (Å²) in [5.41, 5.74) is 0.553. The molecule has 0 amide bonds. The van der Waals surface area contributed by atoms with E-state index < -0.39 is 0 Å². The van der Waals surface area contributed by atoms with Crippen molar-refractivity contribution in [3.8, 4) is 0 Å². The summed E-state index contributed by atoms with van der Waals surface area (Å²) in [6.45, 7) is 4.87. The van der Waals surface area contributed by atoms with E-state index >= 15 is 0 Å². The van der Waals surface area contributed by atoms with Crippen LogP contribution < -0.4 is 0 Å². The van der Waals surface area contributed by atoms with Crippen molar-refractivity contribution in [2.24, 2.45) is 5.41 Å². The van der Waals surface area contributed by atoms with Gasteiger partial charge in [-0.2, -0.15) is 0 Å². The molecule has 0 unspecified atom stereocenters. The molecule has 2 rings (SSSR count). The fourth-order valence-corrected chi connectivity index (χ4v) is 3.28. The Morgan fingerprint density at radius 3 is 2.64 bits per heavy atom. The highest BCUT2D eigenvalue weighted by Gasteiger charge is 2.45. The Hall–Kier alpha value is -0.0800. The van der Waals surface area contributed by atoms with Gasteiger partial charge in [0.2, 0.25) is 0 Å². The molecule has 2 atom stereocenters. The second-order valence-electron chi connectivity index (χ2n) is 5.84. The molecule has 14 heavy (non-hydrogen) atoms. The predicted octanol–water partition coefficient (Wildman–Crippen LogP) is 2.50. The highest BCUT2D eigenvalue weighted by Crippen LogP contribution is 2.48. The van der Waals surface area contributed by atoms with Crippen LogP contribution in [0.1, 0.15) is 52.4 Å². The Bertz CT molecular complexity index is 212. The molecule has 0 aromatic carbocycles. The smallest absolute Gasteiger partial charge is 0.0814 e. The molecule has 0 radical (unpaired) electrons. The molecule has 82 valence electrons. The van der Waals surface area contributed by atoms with Gasteiger partial charge in [0.05, 0.1) is 18.3 Å². The van der Waals surface area contributed by atoms with E-state index in [0.29, 0.717) is 5.41 Å². The SMILES string of the molecule is CC1(C)CCC[C@@]2(CC[C@H](CO)O2)C1. The Kier molecular flexibility index (Phi) is 2.61. The number of aliphatic hydroxyl groups is 1. The van der Waals surface area contributed by atoms with Gasteiger partial charge in [0, 0.05) is 0 Å². The highest BCUT2D eigenvalue weighted by atomic mass is 16.5. The van der Waals surface area contributed by atoms with Crippen molar-refractivity contribution in [3.05, 3.63) is 0 Å². The molecule has 0 aromatic heterocycles. The molecule has 1 saturated heterocycles. The monoisotopic (exact) mass is 198 g/mol. The van der Waals surface area contributed by atoms with Crippen molar-refractivity contribution >= 4 is 0 Å². The molecule has 2 fully saturated rings. The highest BCUT2D eigenvalue weighted by molar-refractivity contribution is 4.96. The van der Waals surface area contributed by atoms with E-state index in [2.05, 4.69) is 13.8 Å². The van der Waals surface area contributed by atoms with Gasteiger partial charge in [-0.05, 0) is 37.5 Å². The third kappa shape index (κ3) is 1.96. The lowest BCUT2D eigenvalue weighted by atomic mass is 9.69. The van der Waals surface area contributed by atoms with Crippen LogP contribution in [0.25, 0.3) is 0 Å². The van der Waals surface area contributed by atoms with Crippen LogP contribution in [0, 0.1) is 5.41 Å². The maximum Gasteiger partial charge on any atom is 0.0814 e. The summed E-state index contributed by atoms with van der Waals surface area (Å²) < 4.78 is 6.02. The zero-order valence-corrected chi connectivity index (χ0v) is 9.38. The van der Waals surface area contributed by atoms with E-state index in [1.165, 1.54) is 25.7 Å². The van der Waals surface area contributed by atoms with Crippen molar-refractivity contribution in [2.75, 3.05) is 6.61 Å². The van der Waals surface area contributed by atoms with Crippen LogP contribution in [0.4, 0.5) is 0 Å². The van der Waals surface area contributed by atoms with Gasteiger partial charge in [-0.3, -0.25) is 0 Å². The minimum absolute atomic E-state index is 0.115. The van der Waals surface area contributed by atoms with Crippen molar-refractivity contribution in [1.29, 1.82) is 0 Å². The maximum absolute atomic E-state index is 9.09. The van der Waals surface area contributed by atoms with E-state index in [1.54, 1.807) is 0 Å². The first-order valence-corrected chi connectivity index (χ1v) is 5.84. The minimum atomic E-state index is 0.115. The average molecular weight is 198 g/mol. The molecule has 2 heteroatoms. The van der Waals surface area contributed by atoms with Gasteiger partial charge in [-0.1, -0.05) is 20.3 Å². The molecule has 1 saturated carbocycles. The number of hydrogen-bond acceptors (Lipinski definition) is 2. The molecule has 0 bridgehead atoms. The molecule has 1 aliphatic carbocycles. The zero-order chi connectivity index (χ0) is 10.2. The Morgan fingerprint density at radius 1 is 1.29 bits per heavy atom. The summed E-state index contributed by atoms with van der Waals surface area (Å²) in [6, 6.07) is 0. The first-order chi connectivity index (χ1) is 6.55. The number of hydrogen-bond donors (Lipinski definition) is 1. The topological polar surface area (TPSA) is 29.5 Å². The molecule has 1 spiro atoms. The standard InChI is InChI=1S/C12H22O2/c1-11(2)5-3-6-12(9-11)7-4-10(8-13)14-12/h10,13H,3-9H2,1-2H3/t10-,12-/m1/s1. The lowest BCUT2D eigenvalue weighted by Crippen LogP contribution is -2.39. The summed E-state index contributed by atoms with van der Waals surface area (Å²) in [5.74, 6) is 0. The molecular formula is C12H22O2. The molecule has 1 aliphatic heterocycles. The average Bonchev–Trinajstić information content (AvgIpc) is 2.46. The van der Waals surface area contributed by atoms with Gasteiger partial charge in [0.15, 0.2) is 0 Å². The minimum Gasteiger partial charge on any atom is -0.394 e. The lowest BCUT2D eigenvalue weighted by molar-refractivity contribution is -0.101. The van der Waals surface area contributed by atoms with Gasteiger partial charge < -0.3 is 9.84 Å². The van der Waals surface area contributed by atoms with Crippen molar-refractivity contribution < 1.29 is 9.84 Å². The van der Waals surface area contributed by atoms with Crippen molar-refractivity contribution in [3.63, 3.8) is 0 Å². The summed E-state index contributed by atoms with van der Waals surface area (Å²) in [7, 11) is 0. The Morgan fingerprint density at radius 2 is 2.07 bits per heavy atom. The second kappa shape index (κ2) is 3.49. The normalized spacial score (nSPS) is 41.8. The second-order valence-corrected chi connectivity index (χ2v) is 5.84. The van der Waals surface area contributed by atoms with Crippen LogP contribution in [-0.2, 0) is 4.74 Å². The number of ether oxygens (including phenoxy) is 1. The van der Waals surface area contributed by atoms with Gasteiger partial charge >= 0.3 is 0 Å². The molecular weight excluding hydrogens is 176 g/mol. The molecule has 0 aromatic rings. The van der Waals surface area contributed by atoms with Crippen LogP contribution in [0.15, 0.2) is 0 Å². The molecule has 1 N–H and O–H groups in total.